The SMILES string of the molecule is CCCn1cc(C(NCC)c2cccc(Cl)c2)cn1. The highest BCUT2D eigenvalue weighted by Crippen LogP contribution is 2.24. The Morgan fingerprint density at radius 2 is 2.16 bits per heavy atom. The Morgan fingerprint density at radius 3 is 2.84 bits per heavy atom. The molecule has 0 fully saturated rings. The number of nitrogens with zero attached hydrogens (tertiary/aromatic N) is 2. The third-order valence-corrected chi connectivity index (χ3v) is 3.26. The molecule has 2 aromatic rings. The predicted octanol–water partition coefficient (Wildman–Crippen LogP) is 3.65. The maximum Gasteiger partial charge on any atom is 0.0608 e. The molecule has 0 aliphatic rings. The fourth-order valence-corrected chi connectivity index (χ4v) is 2.40. The highest BCUT2D eigenvalue weighted by atomic mass is 35.5. The van der Waals surface area contributed by atoms with Gasteiger partial charge in [0, 0.05) is 23.3 Å². The first-order chi connectivity index (χ1) is 9.24. The molecule has 1 atom stereocenters. The molecule has 1 heterocycles. The molecular formula is C15H20ClN3. The summed E-state index contributed by atoms with van der Waals surface area (Å²) < 4.78 is 1.99. The summed E-state index contributed by atoms with van der Waals surface area (Å²) in [7, 11) is 0. The van der Waals surface area contributed by atoms with Crippen molar-refractivity contribution in [1.29, 1.82) is 0 Å². The van der Waals surface area contributed by atoms with Crippen LogP contribution in [-0.2, 0) is 6.54 Å². The molecule has 102 valence electrons. The molecule has 1 unspecified atom stereocenters. The van der Waals surface area contributed by atoms with Crippen molar-refractivity contribution in [3.8, 4) is 0 Å². The van der Waals surface area contributed by atoms with Crippen molar-refractivity contribution in [2.75, 3.05) is 6.54 Å². The first-order valence-corrected chi connectivity index (χ1v) is 7.13. The van der Waals surface area contributed by atoms with Gasteiger partial charge in [-0.3, -0.25) is 4.68 Å². The van der Waals surface area contributed by atoms with Gasteiger partial charge in [-0.15, -0.1) is 0 Å². The van der Waals surface area contributed by atoms with E-state index in [4.69, 9.17) is 11.6 Å². The van der Waals surface area contributed by atoms with E-state index in [-0.39, 0.29) is 6.04 Å². The lowest BCUT2D eigenvalue weighted by Gasteiger charge is -2.17. The molecule has 0 saturated heterocycles. The average Bonchev–Trinajstić information content (AvgIpc) is 2.85. The molecule has 0 bridgehead atoms. The molecule has 0 radical (unpaired) electrons. The number of halogens is 1. The normalized spacial score (nSPS) is 12.6. The van der Waals surface area contributed by atoms with E-state index in [1.165, 1.54) is 11.1 Å². The summed E-state index contributed by atoms with van der Waals surface area (Å²) in [6.07, 6.45) is 5.13. The van der Waals surface area contributed by atoms with Crippen molar-refractivity contribution < 1.29 is 0 Å². The van der Waals surface area contributed by atoms with Gasteiger partial charge in [-0.05, 0) is 30.7 Å². The van der Waals surface area contributed by atoms with Gasteiger partial charge in [0.2, 0.25) is 0 Å². The van der Waals surface area contributed by atoms with Gasteiger partial charge in [-0.25, -0.2) is 0 Å². The van der Waals surface area contributed by atoms with Gasteiger partial charge in [-0.2, -0.15) is 5.10 Å². The average molecular weight is 278 g/mol. The molecule has 0 amide bonds. The second-order valence-electron chi connectivity index (χ2n) is 4.58. The van der Waals surface area contributed by atoms with E-state index >= 15 is 0 Å². The minimum atomic E-state index is 0.148. The van der Waals surface area contributed by atoms with Gasteiger partial charge in [0.25, 0.3) is 0 Å². The zero-order valence-electron chi connectivity index (χ0n) is 11.4. The van der Waals surface area contributed by atoms with E-state index in [0.29, 0.717) is 0 Å². The molecule has 1 N–H and O–H groups in total. The highest BCUT2D eigenvalue weighted by Gasteiger charge is 2.15. The molecule has 1 aromatic heterocycles. The largest absolute Gasteiger partial charge is 0.306 e. The monoisotopic (exact) mass is 277 g/mol. The summed E-state index contributed by atoms with van der Waals surface area (Å²) in [6, 6.07) is 8.13. The molecule has 0 saturated carbocycles. The Hall–Kier alpha value is -1.32. The molecule has 0 spiro atoms. The summed E-state index contributed by atoms with van der Waals surface area (Å²) in [5.41, 5.74) is 2.35. The molecular weight excluding hydrogens is 258 g/mol. The molecule has 0 aliphatic heterocycles. The topological polar surface area (TPSA) is 29.9 Å². The summed E-state index contributed by atoms with van der Waals surface area (Å²) in [5.74, 6) is 0. The van der Waals surface area contributed by atoms with Crippen LogP contribution in [0.4, 0.5) is 0 Å². The van der Waals surface area contributed by atoms with Crippen LogP contribution in [-0.4, -0.2) is 16.3 Å². The number of rotatable bonds is 6. The Labute approximate surface area is 119 Å². The summed E-state index contributed by atoms with van der Waals surface area (Å²) in [6.45, 7) is 6.11. The number of nitrogens with one attached hydrogen (secondary N) is 1. The molecule has 2 rings (SSSR count). The summed E-state index contributed by atoms with van der Waals surface area (Å²) >= 11 is 6.08. The molecule has 3 nitrogen and oxygen atoms in total. The van der Waals surface area contributed by atoms with Gasteiger partial charge in [-0.1, -0.05) is 37.6 Å². The maximum atomic E-state index is 6.08. The van der Waals surface area contributed by atoms with Crippen LogP contribution in [0.3, 0.4) is 0 Å². The van der Waals surface area contributed by atoms with Crippen molar-refractivity contribution in [1.82, 2.24) is 15.1 Å². The zero-order chi connectivity index (χ0) is 13.7. The van der Waals surface area contributed by atoms with Crippen LogP contribution >= 0.6 is 11.6 Å². The Balaban J connectivity index is 2.28. The predicted molar refractivity (Wildman–Crippen MR) is 79.5 cm³/mol. The zero-order valence-corrected chi connectivity index (χ0v) is 12.2. The van der Waals surface area contributed by atoms with Crippen LogP contribution in [0.25, 0.3) is 0 Å². The number of aryl methyl sites for hydroxylation is 1. The molecule has 0 aliphatic carbocycles. The van der Waals surface area contributed by atoms with E-state index in [9.17, 15) is 0 Å². The third kappa shape index (κ3) is 3.58. The quantitative estimate of drug-likeness (QED) is 0.874. The van der Waals surface area contributed by atoms with E-state index in [1.807, 2.05) is 29.1 Å². The van der Waals surface area contributed by atoms with Crippen molar-refractivity contribution >= 4 is 11.6 Å². The number of aromatic nitrogens is 2. The number of benzene rings is 1. The van der Waals surface area contributed by atoms with Gasteiger partial charge < -0.3 is 5.32 Å². The first-order valence-electron chi connectivity index (χ1n) is 6.75. The number of hydrogen-bond donors (Lipinski definition) is 1. The van der Waals surface area contributed by atoms with Gasteiger partial charge in [0.1, 0.15) is 0 Å². The van der Waals surface area contributed by atoms with Crippen molar-refractivity contribution in [3.63, 3.8) is 0 Å². The molecule has 1 aromatic carbocycles. The Kier molecular flexibility index (Phi) is 5.00. The molecule has 19 heavy (non-hydrogen) atoms. The highest BCUT2D eigenvalue weighted by molar-refractivity contribution is 6.30. The van der Waals surface area contributed by atoms with Gasteiger partial charge >= 0.3 is 0 Å². The first kappa shape index (κ1) is 14.1. The summed E-state index contributed by atoms with van der Waals surface area (Å²) in [5, 5.41) is 8.65. The lowest BCUT2D eigenvalue weighted by molar-refractivity contribution is 0.597. The van der Waals surface area contributed by atoms with Crippen LogP contribution in [0.5, 0.6) is 0 Å². The fourth-order valence-electron chi connectivity index (χ4n) is 2.20. The van der Waals surface area contributed by atoms with Crippen LogP contribution in [0.2, 0.25) is 5.02 Å². The number of hydrogen-bond acceptors (Lipinski definition) is 2. The fraction of sp³-hybridized carbons (Fsp3) is 0.400. The second kappa shape index (κ2) is 6.73. The third-order valence-electron chi connectivity index (χ3n) is 3.03. The van der Waals surface area contributed by atoms with E-state index < -0.39 is 0 Å². The lowest BCUT2D eigenvalue weighted by atomic mass is 10.0. The van der Waals surface area contributed by atoms with Crippen LogP contribution in [0.15, 0.2) is 36.7 Å². The van der Waals surface area contributed by atoms with Crippen molar-refractivity contribution in [2.24, 2.45) is 0 Å². The maximum absolute atomic E-state index is 6.08. The Morgan fingerprint density at radius 1 is 1.32 bits per heavy atom. The minimum Gasteiger partial charge on any atom is -0.306 e. The smallest absolute Gasteiger partial charge is 0.0608 e. The van der Waals surface area contributed by atoms with Crippen molar-refractivity contribution in [3.05, 3.63) is 52.8 Å². The Bertz CT molecular complexity index is 522. The summed E-state index contributed by atoms with van der Waals surface area (Å²) in [4.78, 5) is 0. The van der Waals surface area contributed by atoms with Gasteiger partial charge in [0.15, 0.2) is 0 Å². The van der Waals surface area contributed by atoms with Crippen LogP contribution in [0, 0.1) is 0 Å². The van der Waals surface area contributed by atoms with E-state index in [1.54, 1.807) is 0 Å². The van der Waals surface area contributed by atoms with Gasteiger partial charge in [0.05, 0.1) is 12.2 Å². The lowest BCUT2D eigenvalue weighted by Crippen LogP contribution is -2.21. The molecule has 4 heteroatoms. The minimum absolute atomic E-state index is 0.148. The van der Waals surface area contributed by atoms with Crippen LogP contribution < -0.4 is 5.32 Å². The van der Waals surface area contributed by atoms with Crippen molar-refractivity contribution in [2.45, 2.75) is 32.9 Å². The standard InChI is InChI=1S/C15H20ClN3/c1-3-8-19-11-13(10-18-19)15(17-4-2)12-6-5-7-14(16)9-12/h5-7,9-11,15,17H,3-4,8H2,1-2H3. The van der Waals surface area contributed by atoms with E-state index in [2.05, 4.69) is 36.5 Å². The second-order valence-corrected chi connectivity index (χ2v) is 5.02. The van der Waals surface area contributed by atoms with Crippen LogP contribution in [0.1, 0.15) is 37.4 Å². The van der Waals surface area contributed by atoms with E-state index in [0.717, 1.165) is 24.5 Å².